The first-order valence-electron chi connectivity index (χ1n) is 8.36. The second-order valence-corrected chi connectivity index (χ2v) is 7.44. The molecule has 2 aliphatic rings. The Bertz CT molecular complexity index is 818. The minimum atomic E-state index is 0.0311. The van der Waals surface area contributed by atoms with E-state index in [0.717, 1.165) is 46.5 Å². The molecule has 2 aromatic rings. The van der Waals surface area contributed by atoms with Crippen molar-refractivity contribution >= 4 is 23.3 Å². The van der Waals surface area contributed by atoms with Crippen molar-refractivity contribution in [2.45, 2.75) is 25.7 Å². The molecule has 25 heavy (non-hydrogen) atoms. The highest BCUT2D eigenvalue weighted by Crippen LogP contribution is 2.33. The molecule has 1 aromatic carbocycles. The van der Waals surface area contributed by atoms with Crippen LogP contribution in [-0.4, -0.2) is 40.9 Å². The summed E-state index contributed by atoms with van der Waals surface area (Å²) in [5, 5.41) is 10.4. The molecule has 0 spiro atoms. The second kappa shape index (κ2) is 6.84. The van der Waals surface area contributed by atoms with Crippen LogP contribution in [0.2, 0.25) is 0 Å². The lowest BCUT2D eigenvalue weighted by atomic mass is 9.98. The van der Waals surface area contributed by atoms with Crippen LogP contribution in [0.1, 0.15) is 34.3 Å². The molecule has 7 heteroatoms. The van der Waals surface area contributed by atoms with E-state index in [1.165, 1.54) is 0 Å². The van der Waals surface area contributed by atoms with Gasteiger partial charge < -0.3 is 14.4 Å². The predicted molar refractivity (Wildman–Crippen MR) is 94.8 cm³/mol. The molecular weight excluding hydrogens is 338 g/mol. The molecule has 3 heterocycles. The van der Waals surface area contributed by atoms with Crippen molar-refractivity contribution in [1.82, 2.24) is 15.1 Å². The van der Waals surface area contributed by atoms with E-state index in [1.54, 1.807) is 17.4 Å². The minimum absolute atomic E-state index is 0.0311. The van der Waals surface area contributed by atoms with Gasteiger partial charge in [-0.1, -0.05) is 6.07 Å². The summed E-state index contributed by atoms with van der Waals surface area (Å²) in [5.74, 6) is 1.79. The zero-order valence-electron chi connectivity index (χ0n) is 14.0. The van der Waals surface area contributed by atoms with Gasteiger partial charge in [-0.05, 0) is 43.5 Å². The van der Waals surface area contributed by atoms with Crippen LogP contribution in [0, 0.1) is 6.92 Å². The fraction of sp³-hybridized carbons (Fsp3) is 0.389. The van der Waals surface area contributed by atoms with Gasteiger partial charge in [0.1, 0.15) is 10.0 Å². The van der Waals surface area contributed by atoms with Gasteiger partial charge in [0.25, 0.3) is 0 Å². The van der Waals surface area contributed by atoms with Gasteiger partial charge in [-0.2, -0.15) is 0 Å². The molecule has 0 saturated carbocycles. The van der Waals surface area contributed by atoms with Gasteiger partial charge >= 0.3 is 0 Å². The Morgan fingerprint density at radius 3 is 3.04 bits per heavy atom. The highest BCUT2D eigenvalue weighted by atomic mass is 32.1. The lowest BCUT2D eigenvalue weighted by Crippen LogP contribution is -2.38. The molecule has 130 valence electrons. The monoisotopic (exact) mass is 357 g/mol. The molecule has 1 unspecified atom stereocenters. The Kier molecular flexibility index (Phi) is 4.40. The zero-order chi connectivity index (χ0) is 17.2. The average molecular weight is 357 g/mol. The van der Waals surface area contributed by atoms with Crippen molar-refractivity contribution < 1.29 is 14.3 Å². The van der Waals surface area contributed by atoms with E-state index in [2.05, 4.69) is 10.2 Å². The topological polar surface area (TPSA) is 64.6 Å². The number of carbonyl (C=O) groups is 1. The summed E-state index contributed by atoms with van der Waals surface area (Å²) < 4.78 is 10.7. The number of likely N-dealkylation sites (tertiary alicyclic amines) is 1. The van der Waals surface area contributed by atoms with E-state index in [0.29, 0.717) is 12.5 Å². The first-order valence-corrected chi connectivity index (χ1v) is 9.17. The summed E-state index contributed by atoms with van der Waals surface area (Å²) >= 11 is 1.63. The number of amides is 1. The lowest BCUT2D eigenvalue weighted by molar-refractivity contribution is -0.127. The number of nitrogens with zero attached hydrogens (tertiary/aromatic N) is 3. The highest BCUT2D eigenvalue weighted by molar-refractivity contribution is 7.11. The van der Waals surface area contributed by atoms with Crippen molar-refractivity contribution in [1.29, 1.82) is 0 Å². The molecule has 2 aliphatic heterocycles. The van der Waals surface area contributed by atoms with Gasteiger partial charge in [0.15, 0.2) is 11.5 Å². The third-order valence-corrected chi connectivity index (χ3v) is 5.44. The fourth-order valence-electron chi connectivity index (χ4n) is 3.15. The van der Waals surface area contributed by atoms with E-state index in [4.69, 9.17) is 9.47 Å². The van der Waals surface area contributed by atoms with Crippen molar-refractivity contribution in [3.63, 3.8) is 0 Å². The number of hydrogen-bond donors (Lipinski definition) is 0. The summed E-state index contributed by atoms with van der Waals surface area (Å²) in [7, 11) is 0. The highest BCUT2D eigenvalue weighted by Gasteiger charge is 2.26. The number of hydrogen-bond acceptors (Lipinski definition) is 6. The van der Waals surface area contributed by atoms with Gasteiger partial charge in [-0.3, -0.25) is 4.79 Å². The first-order chi connectivity index (χ1) is 12.2. The molecule has 4 rings (SSSR count). The number of ether oxygens (including phenoxy) is 2. The molecule has 6 nitrogen and oxygen atoms in total. The number of rotatable bonds is 3. The SMILES string of the molecule is Cc1nnc(C2CCCN(C(=O)C=Cc3ccc4c(c3)OCO4)C2)s1. The Hall–Kier alpha value is -2.41. The lowest BCUT2D eigenvalue weighted by Gasteiger charge is -2.30. The quantitative estimate of drug-likeness (QED) is 0.790. The molecule has 1 atom stereocenters. The molecule has 1 amide bonds. The summed E-state index contributed by atoms with van der Waals surface area (Å²) in [4.78, 5) is 14.4. The number of aryl methyl sites for hydroxylation is 1. The summed E-state index contributed by atoms with van der Waals surface area (Å²) in [5.41, 5.74) is 0.922. The van der Waals surface area contributed by atoms with Crippen LogP contribution in [0.15, 0.2) is 24.3 Å². The Morgan fingerprint density at radius 1 is 1.32 bits per heavy atom. The Balaban J connectivity index is 1.42. The summed E-state index contributed by atoms with van der Waals surface area (Å²) in [6.45, 7) is 3.71. The molecule has 1 fully saturated rings. The molecule has 1 aromatic heterocycles. The van der Waals surface area contributed by atoms with Crippen LogP contribution in [-0.2, 0) is 4.79 Å². The third kappa shape index (κ3) is 3.51. The van der Waals surface area contributed by atoms with Crippen molar-refractivity contribution in [2.24, 2.45) is 0 Å². The average Bonchev–Trinajstić information content (AvgIpc) is 3.28. The van der Waals surface area contributed by atoms with Gasteiger partial charge in [-0.15, -0.1) is 21.5 Å². The maximum atomic E-state index is 12.5. The van der Waals surface area contributed by atoms with Gasteiger partial charge in [0.2, 0.25) is 12.7 Å². The van der Waals surface area contributed by atoms with Crippen LogP contribution in [0.25, 0.3) is 6.08 Å². The van der Waals surface area contributed by atoms with Crippen LogP contribution in [0.3, 0.4) is 0 Å². The second-order valence-electron chi connectivity index (χ2n) is 6.23. The van der Waals surface area contributed by atoms with Gasteiger partial charge in [0.05, 0.1) is 0 Å². The Morgan fingerprint density at radius 2 is 2.20 bits per heavy atom. The standard InChI is InChI=1S/C18H19N3O3S/c1-12-19-20-18(25-12)14-3-2-8-21(10-14)17(22)7-5-13-4-6-15-16(9-13)24-11-23-15/h4-7,9,14H,2-3,8,10-11H2,1H3. The largest absolute Gasteiger partial charge is 0.454 e. The van der Waals surface area contributed by atoms with E-state index in [1.807, 2.05) is 36.1 Å². The van der Waals surface area contributed by atoms with Crippen molar-refractivity contribution in [2.75, 3.05) is 19.9 Å². The van der Waals surface area contributed by atoms with E-state index < -0.39 is 0 Å². The third-order valence-electron chi connectivity index (χ3n) is 4.44. The smallest absolute Gasteiger partial charge is 0.246 e. The molecule has 0 bridgehead atoms. The summed E-state index contributed by atoms with van der Waals surface area (Å²) in [6.07, 6.45) is 5.51. The zero-order valence-corrected chi connectivity index (χ0v) is 14.8. The first kappa shape index (κ1) is 16.1. The van der Waals surface area contributed by atoms with Gasteiger partial charge in [-0.25, -0.2) is 0 Å². The number of carbonyl (C=O) groups excluding carboxylic acids is 1. The molecule has 0 aliphatic carbocycles. The molecule has 0 radical (unpaired) electrons. The molecule has 0 N–H and O–H groups in total. The van der Waals surface area contributed by atoms with Crippen LogP contribution < -0.4 is 9.47 Å². The van der Waals surface area contributed by atoms with Crippen molar-refractivity contribution in [3.05, 3.63) is 39.9 Å². The normalized spacial score (nSPS) is 19.6. The molecular formula is C18H19N3O3S. The predicted octanol–water partition coefficient (Wildman–Crippen LogP) is 2.99. The van der Waals surface area contributed by atoms with Crippen LogP contribution >= 0.6 is 11.3 Å². The number of piperidine rings is 1. The number of benzene rings is 1. The molecule has 1 saturated heterocycles. The van der Waals surface area contributed by atoms with Crippen LogP contribution in [0.4, 0.5) is 0 Å². The fourth-order valence-corrected chi connectivity index (χ4v) is 3.97. The van der Waals surface area contributed by atoms with Crippen molar-refractivity contribution in [3.8, 4) is 11.5 Å². The van der Waals surface area contributed by atoms with Crippen LogP contribution in [0.5, 0.6) is 11.5 Å². The maximum Gasteiger partial charge on any atom is 0.246 e. The number of aromatic nitrogens is 2. The van der Waals surface area contributed by atoms with Gasteiger partial charge in [0, 0.05) is 25.1 Å². The van der Waals surface area contributed by atoms with E-state index in [-0.39, 0.29) is 12.7 Å². The van der Waals surface area contributed by atoms with E-state index in [9.17, 15) is 4.79 Å². The summed E-state index contributed by atoms with van der Waals surface area (Å²) in [6, 6.07) is 5.66. The Labute approximate surface area is 150 Å². The van der Waals surface area contributed by atoms with E-state index >= 15 is 0 Å². The number of fused-ring (bicyclic) bond motifs is 1. The maximum absolute atomic E-state index is 12.5. The minimum Gasteiger partial charge on any atom is -0.454 e.